The van der Waals surface area contributed by atoms with Gasteiger partial charge in [0.2, 0.25) is 0 Å². The molecule has 0 aliphatic heterocycles. The number of pyridine rings is 2. The van der Waals surface area contributed by atoms with Crippen molar-refractivity contribution in [3.8, 4) is 22.3 Å². The van der Waals surface area contributed by atoms with Crippen molar-refractivity contribution in [1.29, 1.82) is 0 Å². The number of nitrogens with two attached hydrogens (primary N) is 2. The second kappa shape index (κ2) is 11.0. The first-order valence-electron chi connectivity index (χ1n) is 10.3. The summed E-state index contributed by atoms with van der Waals surface area (Å²) >= 11 is 0. The van der Waals surface area contributed by atoms with Gasteiger partial charge in [-0.1, -0.05) is 48.5 Å². The zero-order chi connectivity index (χ0) is 24.0. The summed E-state index contributed by atoms with van der Waals surface area (Å²) in [5.74, 6) is -2.45. The van der Waals surface area contributed by atoms with Gasteiger partial charge in [-0.3, -0.25) is 0 Å². The number of nitrogen functional groups attached to an aromatic ring is 2. The zero-order valence-electron chi connectivity index (χ0n) is 21.7. The molecule has 36 heavy (non-hydrogen) atoms. The number of carboxylic acid groups (broad SMARTS) is 2. The number of hydrogen-bond acceptors (Lipinski definition) is 6. The van der Waals surface area contributed by atoms with Gasteiger partial charge in [0.15, 0.2) is 0 Å². The number of para-hydroxylation sites is 2. The van der Waals surface area contributed by atoms with Gasteiger partial charge in [0, 0.05) is 33.3 Å². The van der Waals surface area contributed by atoms with Gasteiger partial charge in [0.25, 0.3) is 0 Å². The van der Waals surface area contributed by atoms with Gasteiger partial charge in [-0.05, 0) is 35.4 Å². The standard InChI is InChI=1S/C26H18N4O4.2Na.2H/c27-19-7-3-1-5-13(19)17-11-21(25(31)32)29-23-15(17)9-10-16-18(14-6-2-4-8-20(14)28)12-22(26(33)34)30-24(16)23;;;;/h1-12H,27-28H2,(H,31,32)(H,33,34);;;;/q;2*+1;2*-1. The summed E-state index contributed by atoms with van der Waals surface area (Å²) in [4.78, 5) is 32.6. The Kier molecular flexibility index (Phi) is 8.40. The monoisotopic (exact) mass is 498 g/mol. The Hall–Kier alpha value is -2.98. The van der Waals surface area contributed by atoms with Crippen LogP contribution in [-0.2, 0) is 0 Å². The normalized spacial score (nSPS) is 10.4. The van der Waals surface area contributed by atoms with Crippen LogP contribution in [0.2, 0.25) is 0 Å². The Labute approximate surface area is 252 Å². The predicted octanol–water partition coefficient (Wildman–Crippen LogP) is -1.09. The van der Waals surface area contributed by atoms with E-state index in [1.807, 2.05) is 12.1 Å². The van der Waals surface area contributed by atoms with E-state index in [0.717, 1.165) is 0 Å². The molecule has 8 nitrogen and oxygen atoms in total. The van der Waals surface area contributed by atoms with E-state index in [1.54, 1.807) is 48.5 Å². The van der Waals surface area contributed by atoms with Gasteiger partial charge in [0.1, 0.15) is 11.4 Å². The number of carbonyl (C=O) groups is 2. The fraction of sp³-hybridized carbons (Fsp3) is 0. The molecule has 0 amide bonds. The van der Waals surface area contributed by atoms with Crippen LogP contribution in [0.4, 0.5) is 11.4 Å². The summed E-state index contributed by atoms with van der Waals surface area (Å²) < 4.78 is 0. The largest absolute Gasteiger partial charge is 1.00 e. The van der Waals surface area contributed by atoms with Crippen LogP contribution in [0.1, 0.15) is 23.8 Å². The first-order chi connectivity index (χ1) is 16.3. The van der Waals surface area contributed by atoms with E-state index in [2.05, 4.69) is 9.97 Å². The van der Waals surface area contributed by atoms with E-state index >= 15 is 0 Å². The third-order valence-corrected chi connectivity index (χ3v) is 5.70. The molecule has 6 N–H and O–H groups in total. The average molecular weight is 498 g/mol. The topological polar surface area (TPSA) is 152 Å². The maximum Gasteiger partial charge on any atom is 1.00 e. The molecular formula is C26H20N4Na2O4. The van der Waals surface area contributed by atoms with Crippen LogP contribution < -0.4 is 70.6 Å². The average Bonchev–Trinajstić information content (AvgIpc) is 2.83. The molecule has 0 radical (unpaired) electrons. The Morgan fingerprint density at radius 3 is 1.31 bits per heavy atom. The molecule has 5 rings (SSSR count). The van der Waals surface area contributed by atoms with Crippen molar-refractivity contribution in [3.05, 3.63) is 84.2 Å². The molecule has 0 fully saturated rings. The first kappa shape index (κ1) is 27.6. The summed E-state index contributed by atoms with van der Waals surface area (Å²) in [6.07, 6.45) is 0. The van der Waals surface area contributed by atoms with Crippen molar-refractivity contribution in [2.24, 2.45) is 0 Å². The van der Waals surface area contributed by atoms with Crippen molar-refractivity contribution >= 4 is 45.1 Å². The van der Waals surface area contributed by atoms with Crippen LogP contribution >= 0.6 is 0 Å². The molecule has 0 aliphatic carbocycles. The van der Waals surface area contributed by atoms with E-state index in [9.17, 15) is 19.8 Å². The molecule has 2 heterocycles. The number of aromatic nitrogens is 2. The van der Waals surface area contributed by atoms with Gasteiger partial charge in [-0.15, -0.1) is 0 Å². The summed E-state index contributed by atoms with van der Waals surface area (Å²) in [5.41, 5.74) is 15.8. The fourth-order valence-corrected chi connectivity index (χ4v) is 4.12. The van der Waals surface area contributed by atoms with Crippen LogP contribution in [0.15, 0.2) is 72.8 Å². The van der Waals surface area contributed by atoms with Crippen molar-refractivity contribution in [3.63, 3.8) is 0 Å². The predicted molar refractivity (Wildman–Crippen MR) is 133 cm³/mol. The number of hydrogen-bond donors (Lipinski definition) is 4. The smallest absolute Gasteiger partial charge is 1.00 e. The molecule has 0 saturated heterocycles. The minimum atomic E-state index is -1.23. The number of aromatic carboxylic acids is 2. The van der Waals surface area contributed by atoms with Crippen LogP contribution in [-0.4, -0.2) is 32.1 Å². The maximum absolute atomic E-state index is 11.9. The van der Waals surface area contributed by atoms with Gasteiger partial charge in [-0.25, -0.2) is 19.6 Å². The Balaban J connectivity index is 0.00000180. The molecule has 170 valence electrons. The minimum Gasteiger partial charge on any atom is -1.00 e. The molecule has 10 heteroatoms. The van der Waals surface area contributed by atoms with Crippen molar-refractivity contribution < 1.29 is 81.8 Å². The second-order valence-electron chi connectivity index (χ2n) is 7.75. The van der Waals surface area contributed by atoms with Crippen molar-refractivity contribution in [2.45, 2.75) is 0 Å². The molecule has 0 spiro atoms. The molecule has 3 aromatic carbocycles. The zero-order valence-corrected chi connectivity index (χ0v) is 23.7. The number of fused-ring (bicyclic) bond motifs is 3. The van der Waals surface area contributed by atoms with E-state index in [1.165, 1.54) is 12.1 Å². The second-order valence-corrected chi connectivity index (χ2v) is 7.75. The van der Waals surface area contributed by atoms with Gasteiger partial charge in [-0.2, -0.15) is 0 Å². The van der Waals surface area contributed by atoms with E-state index in [0.29, 0.717) is 44.4 Å². The molecule has 0 aliphatic rings. The number of rotatable bonds is 4. The molecule has 0 unspecified atom stereocenters. The SMILES string of the molecule is Nc1ccccc1-c1cc(C(=O)O)nc2c1ccc1c(-c3ccccc3N)cc(C(=O)O)nc12.[H-].[H-].[Na+].[Na+]. The quantitative estimate of drug-likeness (QED) is 0.139. The van der Waals surface area contributed by atoms with E-state index in [-0.39, 0.29) is 84.4 Å². The van der Waals surface area contributed by atoms with Crippen molar-refractivity contribution in [1.82, 2.24) is 9.97 Å². The summed E-state index contributed by atoms with van der Waals surface area (Å²) in [6, 6.07) is 20.7. The molecule has 2 aromatic heterocycles. The molecule has 0 bridgehead atoms. The minimum absolute atomic E-state index is 0. The Morgan fingerprint density at radius 1 is 0.611 bits per heavy atom. The Morgan fingerprint density at radius 2 is 0.972 bits per heavy atom. The third-order valence-electron chi connectivity index (χ3n) is 5.70. The number of anilines is 2. The van der Waals surface area contributed by atoms with Crippen LogP contribution in [0.3, 0.4) is 0 Å². The van der Waals surface area contributed by atoms with Gasteiger partial charge >= 0.3 is 71.1 Å². The van der Waals surface area contributed by atoms with Crippen LogP contribution in [0.25, 0.3) is 44.1 Å². The maximum atomic E-state index is 11.9. The molecule has 5 aromatic rings. The number of nitrogens with zero attached hydrogens (tertiary/aromatic N) is 2. The van der Waals surface area contributed by atoms with Crippen molar-refractivity contribution in [2.75, 3.05) is 11.5 Å². The van der Waals surface area contributed by atoms with E-state index < -0.39 is 11.9 Å². The van der Waals surface area contributed by atoms with Crippen LogP contribution in [0, 0.1) is 0 Å². The van der Waals surface area contributed by atoms with Gasteiger partial charge < -0.3 is 24.5 Å². The molecule has 0 saturated carbocycles. The number of carboxylic acids is 2. The third kappa shape index (κ3) is 4.84. The van der Waals surface area contributed by atoms with Gasteiger partial charge in [0.05, 0.1) is 11.0 Å². The fourth-order valence-electron chi connectivity index (χ4n) is 4.12. The molecular weight excluding hydrogens is 478 g/mol. The summed E-state index contributed by atoms with van der Waals surface area (Å²) in [6.45, 7) is 0. The summed E-state index contributed by atoms with van der Waals surface area (Å²) in [5, 5.41) is 20.7. The molecule has 0 atom stereocenters. The summed E-state index contributed by atoms with van der Waals surface area (Å²) in [7, 11) is 0. The number of benzene rings is 3. The van der Waals surface area contributed by atoms with E-state index in [4.69, 9.17) is 11.5 Å². The first-order valence-corrected chi connectivity index (χ1v) is 10.3. The van der Waals surface area contributed by atoms with Crippen LogP contribution in [0.5, 0.6) is 0 Å². The Bertz CT molecular complexity index is 1550.